The van der Waals surface area contributed by atoms with Crippen LogP contribution in [0.3, 0.4) is 0 Å². The molecule has 244 valence electrons. The molecule has 7 aromatic carbocycles. The zero-order valence-corrected chi connectivity index (χ0v) is 28.3. The Hall–Kier alpha value is -7.04. The monoisotopic (exact) mass is 664 g/mol. The highest BCUT2D eigenvalue weighted by Gasteiger charge is 2.21. The smallest absolute Gasteiger partial charge is 0.165 e. The van der Waals surface area contributed by atoms with E-state index in [0.29, 0.717) is 0 Å². The SMILES string of the molecule is C=C1/C=C(c2ccc3c(c2)c2ccccc2n3-c2nc3ccccc3nc2-c2ccccc2)\C=C/N(c2ccccc2)c2ccc3ccccc3c21. The van der Waals surface area contributed by atoms with Gasteiger partial charge >= 0.3 is 0 Å². The highest BCUT2D eigenvalue weighted by atomic mass is 15.1. The van der Waals surface area contributed by atoms with Crippen molar-refractivity contribution in [3.63, 3.8) is 0 Å². The van der Waals surface area contributed by atoms with E-state index in [0.717, 1.165) is 83.6 Å². The summed E-state index contributed by atoms with van der Waals surface area (Å²) in [6.07, 6.45) is 6.62. The standard InChI is InChI=1S/C48H32N4/c1-32-30-36(28-29-51(37-17-6-3-7-18-37)45-27-24-33-14-8-9-19-38(33)46(32)45)35-25-26-44-40(31-35)39-20-10-13-23-43(39)52(44)48-47(34-15-4-2-5-16-34)49-41-21-11-12-22-42(41)50-48/h2-31H,1H2/b29-28-,36-30+. The lowest BCUT2D eigenvalue weighted by Gasteiger charge is -2.27. The topological polar surface area (TPSA) is 34.0 Å². The van der Waals surface area contributed by atoms with Gasteiger partial charge in [0.15, 0.2) is 5.82 Å². The Bertz CT molecular complexity index is 2920. The van der Waals surface area contributed by atoms with Crippen LogP contribution in [-0.2, 0) is 0 Å². The van der Waals surface area contributed by atoms with Crippen LogP contribution in [0.2, 0.25) is 0 Å². The molecule has 52 heavy (non-hydrogen) atoms. The van der Waals surface area contributed by atoms with Crippen molar-refractivity contribution in [3.05, 3.63) is 200 Å². The van der Waals surface area contributed by atoms with Crippen molar-refractivity contribution in [1.29, 1.82) is 0 Å². The second kappa shape index (κ2) is 12.1. The number of para-hydroxylation sites is 4. The molecule has 1 aliphatic rings. The predicted octanol–water partition coefficient (Wildman–Crippen LogP) is 12.3. The number of allylic oxidation sites excluding steroid dienone is 4. The normalized spacial score (nSPS) is 14.7. The third kappa shape index (κ3) is 4.84. The third-order valence-electron chi connectivity index (χ3n) is 10.1. The summed E-state index contributed by atoms with van der Waals surface area (Å²) in [7, 11) is 0. The van der Waals surface area contributed by atoms with E-state index in [1.54, 1.807) is 0 Å². The van der Waals surface area contributed by atoms with E-state index in [1.807, 2.05) is 30.3 Å². The number of hydrogen-bond acceptors (Lipinski definition) is 3. The van der Waals surface area contributed by atoms with E-state index in [1.165, 1.54) is 10.8 Å². The summed E-state index contributed by atoms with van der Waals surface area (Å²) in [5.41, 5.74) is 12.2. The maximum absolute atomic E-state index is 5.28. The van der Waals surface area contributed by atoms with Crippen molar-refractivity contribution < 1.29 is 0 Å². The number of anilines is 2. The van der Waals surface area contributed by atoms with Gasteiger partial charge in [0.25, 0.3) is 0 Å². The van der Waals surface area contributed by atoms with Crippen molar-refractivity contribution in [2.45, 2.75) is 0 Å². The zero-order chi connectivity index (χ0) is 34.6. The zero-order valence-electron chi connectivity index (χ0n) is 28.3. The molecule has 0 atom stereocenters. The second-order valence-corrected chi connectivity index (χ2v) is 13.2. The average molecular weight is 665 g/mol. The van der Waals surface area contributed by atoms with E-state index in [9.17, 15) is 0 Å². The number of hydrogen-bond donors (Lipinski definition) is 0. The first kappa shape index (κ1) is 29.8. The van der Waals surface area contributed by atoms with Crippen LogP contribution >= 0.6 is 0 Å². The lowest BCUT2D eigenvalue weighted by atomic mass is 9.92. The fourth-order valence-electron chi connectivity index (χ4n) is 7.65. The van der Waals surface area contributed by atoms with Crippen molar-refractivity contribution in [1.82, 2.24) is 14.5 Å². The summed E-state index contributed by atoms with van der Waals surface area (Å²) in [4.78, 5) is 12.7. The van der Waals surface area contributed by atoms with Gasteiger partial charge in [0.05, 0.1) is 27.8 Å². The van der Waals surface area contributed by atoms with Gasteiger partial charge < -0.3 is 4.90 Å². The molecule has 0 aliphatic carbocycles. The van der Waals surface area contributed by atoms with Crippen molar-refractivity contribution in [2.75, 3.05) is 4.90 Å². The molecule has 2 aromatic heterocycles. The van der Waals surface area contributed by atoms with Crippen LogP contribution in [0.15, 0.2) is 189 Å². The van der Waals surface area contributed by atoms with Gasteiger partial charge in [0.1, 0.15) is 5.69 Å². The van der Waals surface area contributed by atoms with Crippen LogP contribution in [0.25, 0.3) is 71.8 Å². The Morgan fingerprint density at radius 2 is 1.19 bits per heavy atom. The van der Waals surface area contributed by atoms with Gasteiger partial charge in [-0.2, -0.15) is 0 Å². The fraction of sp³-hybridized carbons (Fsp3) is 0. The minimum atomic E-state index is 0.810. The molecule has 0 N–H and O–H groups in total. The molecular formula is C48H32N4. The highest BCUT2D eigenvalue weighted by molar-refractivity contribution is 6.11. The summed E-state index contributed by atoms with van der Waals surface area (Å²) in [6, 6.07) is 57.3. The van der Waals surface area contributed by atoms with Crippen molar-refractivity contribution in [2.24, 2.45) is 0 Å². The lowest BCUT2D eigenvalue weighted by Crippen LogP contribution is -2.12. The van der Waals surface area contributed by atoms with Crippen molar-refractivity contribution >= 4 is 66.1 Å². The number of nitrogens with zero attached hydrogens (tertiary/aromatic N) is 4. The Morgan fingerprint density at radius 1 is 0.519 bits per heavy atom. The van der Waals surface area contributed by atoms with Gasteiger partial charge in [-0.3, -0.25) is 4.57 Å². The summed E-state index contributed by atoms with van der Waals surface area (Å²) < 4.78 is 2.27. The summed E-state index contributed by atoms with van der Waals surface area (Å²) in [6.45, 7) is 4.67. The molecule has 1 aliphatic heterocycles. The minimum absolute atomic E-state index is 0.810. The average Bonchev–Trinajstić information content (AvgIpc) is 3.53. The Balaban J connectivity index is 1.19. The number of aromatic nitrogens is 3. The van der Waals surface area contributed by atoms with Crippen LogP contribution in [-0.4, -0.2) is 14.5 Å². The predicted molar refractivity (Wildman–Crippen MR) is 218 cm³/mol. The fourth-order valence-corrected chi connectivity index (χ4v) is 7.65. The van der Waals surface area contributed by atoms with Gasteiger partial charge in [-0.15, -0.1) is 0 Å². The number of rotatable bonds is 4. The molecule has 0 spiro atoms. The van der Waals surface area contributed by atoms with Crippen LogP contribution in [0.5, 0.6) is 0 Å². The van der Waals surface area contributed by atoms with Gasteiger partial charge in [-0.1, -0.05) is 122 Å². The summed E-state index contributed by atoms with van der Waals surface area (Å²) in [5.74, 6) is 0.810. The van der Waals surface area contributed by atoms with Crippen LogP contribution < -0.4 is 4.90 Å². The molecule has 0 bridgehead atoms. The van der Waals surface area contributed by atoms with E-state index in [4.69, 9.17) is 9.97 Å². The molecule has 0 fully saturated rings. The van der Waals surface area contributed by atoms with Gasteiger partial charge in [-0.05, 0) is 88.2 Å². The third-order valence-corrected chi connectivity index (χ3v) is 10.1. The molecule has 9 aromatic rings. The molecule has 4 nitrogen and oxygen atoms in total. The minimum Gasteiger partial charge on any atom is -0.317 e. The molecule has 0 saturated heterocycles. The highest BCUT2D eigenvalue weighted by Crippen LogP contribution is 2.42. The lowest BCUT2D eigenvalue weighted by molar-refractivity contribution is 1.08. The van der Waals surface area contributed by atoms with E-state index < -0.39 is 0 Å². The van der Waals surface area contributed by atoms with E-state index in [-0.39, 0.29) is 0 Å². The Labute approximate surface area is 301 Å². The first-order valence-electron chi connectivity index (χ1n) is 17.5. The largest absolute Gasteiger partial charge is 0.317 e. The molecule has 0 saturated carbocycles. The maximum Gasteiger partial charge on any atom is 0.165 e. The maximum atomic E-state index is 5.28. The summed E-state index contributed by atoms with van der Waals surface area (Å²) in [5, 5.41) is 4.68. The van der Waals surface area contributed by atoms with Gasteiger partial charge in [0.2, 0.25) is 0 Å². The molecule has 4 heteroatoms. The van der Waals surface area contributed by atoms with Gasteiger partial charge in [-0.25, -0.2) is 9.97 Å². The first-order chi connectivity index (χ1) is 25.7. The Kier molecular flexibility index (Phi) is 6.93. The Morgan fingerprint density at radius 3 is 2.02 bits per heavy atom. The van der Waals surface area contributed by atoms with Crippen LogP contribution in [0, 0.1) is 0 Å². The van der Waals surface area contributed by atoms with Crippen LogP contribution in [0.4, 0.5) is 11.4 Å². The number of fused-ring (bicyclic) bond motifs is 7. The van der Waals surface area contributed by atoms with Gasteiger partial charge in [0, 0.05) is 33.8 Å². The number of benzene rings is 7. The first-order valence-corrected chi connectivity index (χ1v) is 17.5. The van der Waals surface area contributed by atoms with E-state index >= 15 is 0 Å². The quantitative estimate of drug-likeness (QED) is 0.188. The van der Waals surface area contributed by atoms with Crippen LogP contribution in [0.1, 0.15) is 11.1 Å². The molecule has 3 heterocycles. The molecule has 0 radical (unpaired) electrons. The molecule has 0 amide bonds. The molecular weight excluding hydrogens is 633 g/mol. The van der Waals surface area contributed by atoms with Crippen molar-refractivity contribution in [3.8, 4) is 17.1 Å². The van der Waals surface area contributed by atoms with E-state index in [2.05, 4.69) is 168 Å². The molecule has 10 rings (SSSR count). The summed E-state index contributed by atoms with van der Waals surface area (Å²) >= 11 is 0. The second-order valence-electron chi connectivity index (χ2n) is 13.2. The molecule has 0 unspecified atom stereocenters.